The Balaban J connectivity index is 1.91. The van der Waals surface area contributed by atoms with Gasteiger partial charge in [0.1, 0.15) is 6.07 Å². The lowest BCUT2D eigenvalue weighted by atomic mass is 9.86. The number of amides is 1. The van der Waals surface area contributed by atoms with E-state index in [4.69, 9.17) is 4.74 Å². The second-order valence-corrected chi connectivity index (χ2v) is 6.98. The van der Waals surface area contributed by atoms with Crippen molar-refractivity contribution in [3.05, 3.63) is 64.7 Å². The molecule has 1 atom stereocenters. The molecule has 0 bridgehead atoms. The molecule has 0 spiro atoms. The van der Waals surface area contributed by atoms with Crippen LogP contribution < -0.4 is 5.32 Å². The minimum atomic E-state index is -1.33. The highest BCUT2D eigenvalue weighted by atomic mass is 16.6. The van der Waals surface area contributed by atoms with Crippen LogP contribution in [0, 0.1) is 11.3 Å². The summed E-state index contributed by atoms with van der Waals surface area (Å²) in [6.07, 6.45) is 0.287. The lowest BCUT2D eigenvalue weighted by Gasteiger charge is -2.33. The van der Waals surface area contributed by atoms with E-state index in [0.29, 0.717) is 22.7 Å². The van der Waals surface area contributed by atoms with Gasteiger partial charge in [-0.15, -0.1) is 0 Å². The molecule has 1 aliphatic rings. The molecule has 2 aromatic rings. The molecule has 0 fully saturated rings. The molecular formula is C21H20N2O3. The maximum atomic E-state index is 12.8. The van der Waals surface area contributed by atoms with Crippen LogP contribution in [0.3, 0.4) is 0 Å². The molecule has 1 aliphatic heterocycles. The quantitative estimate of drug-likeness (QED) is 0.856. The summed E-state index contributed by atoms with van der Waals surface area (Å²) in [4.78, 5) is 25.2. The number of para-hydroxylation sites is 1. The molecule has 0 saturated carbocycles. The second-order valence-electron chi connectivity index (χ2n) is 6.98. The van der Waals surface area contributed by atoms with Gasteiger partial charge in [-0.1, -0.05) is 38.1 Å². The SMILES string of the molecule is CC(C)c1ccc2c(c1)CC(C)(C(=O)Nc1ccccc1C#N)OC2=O. The van der Waals surface area contributed by atoms with E-state index in [-0.39, 0.29) is 6.42 Å². The Morgan fingerprint density at radius 1 is 1.27 bits per heavy atom. The van der Waals surface area contributed by atoms with Gasteiger partial charge in [0, 0.05) is 6.42 Å². The predicted molar refractivity (Wildman–Crippen MR) is 97.8 cm³/mol. The first-order valence-corrected chi connectivity index (χ1v) is 8.51. The molecule has 0 aliphatic carbocycles. The first-order valence-electron chi connectivity index (χ1n) is 8.51. The third kappa shape index (κ3) is 3.18. The van der Waals surface area contributed by atoms with Crippen LogP contribution in [0.15, 0.2) is 42.5 Å². The number of anilines is 1. The van der Waals surface area contributed by atoms with Crippen molar-refractivity contribution in [1.29, 1.82) is 5.26 Å². The lowest BCUT2D eigenvalue weighted by Crippen LogP contribution is -2.49. The van der Waals surface area contributed by atoms with Crippen LogP contribution in [-0.2, 0) is 16.0 Å². The average molecular weight is 348 g/mol. The smallest absolute Gasteiger partial charge is 0.339 e. The second kappa shape index (κ2) is 6.64. The number of nitrogens with zero attached hydrogens (tertiary/aromatic N) is 1. The maximum Gasteiger partial charge on any atom is 0.339 e. The predicted octanol–water partition coefficient (Wildman–Crippen LogP) is 3.79. The molecule has 0 radical (unpaired) electrons. The Hall–Kier alpha value is -3.13. The zero-order valence-electron chi connectivity index (χ0n) is 15.0. The summed E-state index contributed by atoms with van der Waals surface area (Å²) in [5.74, 6) is -0.636. The van der Waals surface area contributed by atoms with Crippen LogP contribution in [0.4, 0.5) is 5.69 Å². The number of esters is 1. The molecule has 1 N–H and O–H groups in total. The molecule has 1 unspecified atom stereocenters. The highest BCUT2D eigenvalue weighted by Gasteiger charge is 2.43. The van der Waals surface area contributed by atoms with E-state index >= 15 is 0 Å². The van der Waals surface area contributed by atoms with E-state index in [2.05, 4.69) is 19.2 Å². The minimum absolute atomic E-state index is 0.287. The van der Waals surface area contributed by atoms with Crippen LogP contribution >= 0.6 is 0 Å². The van der Waals surface area contributed by atoms with Crippen molar-refractivity contribution in [2.45, 2.75) is 38.7 Å². The van der Waals surface area contributed by atoms with Crippen molar-refractivity contribution in [1.82, 2.24) is 0 Å². The zero-order valence-corrected chi connectivity index (χ0v) is 15.0. The number of carbonyl (C=O) groups is 2. The third-order valence-electron chi connectivity index (χ3n) is 4.64. The van der Waals surface area contributed by atoms with Gasteiger partial charge in [-0.3, -0.25) is 4.79 Å². The highest BCUT2D eigenvalue weighted by Crippen LogP contribution is 2.31. The van der Waals surface area contributed by atoms with Crippen LogP contribution in [-0.4, -0.2) is 17.5 Å². The van der Waals surface area contributed by atoms with Gasteiger partial charge in [0.05, 0.1) is 16.8 Å². The molecule has 0 aromatic heterocycles. The van der Waals surface area contributed by atoms with Gasteiger partial charge in [-0.2, -0.15) is 5.26 Å². The fourth-order valence-corrected chi connectivity index (χ4v) is 3.05. The Kier molecular flexibility index (Phi) is 4.52. The Morgan fingerprint density at radius 2 is 2.00 bits per heavy atom. The number of hydrogen-bond donors (Lipinski definition) is 1. The summed E-state index contributed by atoms with van der Waals surface area (Å²) in [6, 6.07) is 14.4. The summed E-state index contributed by atoms with van der Waals surface area (Å²) < 4.78 is 5.47. The van der Waals surface area contributed by atoms with Crippen molar-refractivity contribution < 1.29 is 14.3 Å². The van der Waals surface area contributed by atoms with Crippen molar-refractivity contribution >= 4 is 17.6 Å². The number of nitriles is 1. The van der Waals surface area contributed by atoms with Gasteiger partial charge < -0.3 is 10.1 Å². The van der Waals surface area contributed by atoms with E-state index in [9.17, 15) is 14.9 Å². The van der Waals surface area contributed by atoms with E-state index in [0.717, 1.165) is 11.1 Å². The molecule has 132 valence electrons. The minimum Gasteiger partial charge on any atom is -0.445 e. The number of rotatable bonds is 3. The number of cyclic esters (lactones) is 1. The van der Waals surface area contributed by atoms with E-state index in [1.807, 2.05) is 18.2 Å². The monoisotopic (exact) mass is 348 g/mol. The summed E-state index contributed by atoms with van der Waals surface area (Å²) >= 11 is 0. The zero-order chi connectivity index (χ0) is 18.9. The summed E-state index contributed by atoms with van der Waals surface area (Å²) in [5.41, 5.74) is 1.84. The van der Waals surface area contributed by atoms with Gasteiger partial charge in [0.15, 0.2) is 5.60 Å². The van der Waals surface area contributed by atoms with Crippen LogP contribution in [0.1, 0.15) is 53.7 Å². The van der Waals surface area contributed by atoms with Gasteiger partial charge in [0.25, 0.3) is 5.91 Å². The maximum absolute atomic E-state index is 12.8. The number of benzene rings is 2. The molecule has 1 heterocycles. The van der Waals surface area contributed by atoms with Crippen LogP contribution in [0.5, 0.6) is 0 Å². The van der Waals surface area contributed by atoms with E-state index < -0.39 is 17.5 Å². The van der Waals surface area contributed by atoms with E-state index in [1.54, 1.807) is 37.3 Å². The number of nitrogens with one attached hydrogen (secondary N) is 1. The fraction of sp³-hybridized carbons (Fsp3) is 0.286. The van der Waals surface area contributed by atoms with Crippen molar-refractivity contribution in [3.63, 3.8) is 0 Å². The first kappa shape index (κ1) is 17.7. The number of carbonyl (C=O) groups excluding carboxylic acids is 2. The first-order chi connectivity index (χ1) is 12.3. The summed E-state index contributed by atoms with van der Waals surface area (Å²) in [5, 5.41) is 11.9. The molecule has 5 nitrogen and oxygen atoms in total. The Bertz CT molecular complexity index is 927. The fourth-order valence-electron chi connectivity index (χ4n) is 3.05. The Morgan fingerprint density at radius 3 is 2.69 bits per heavy atom. The van der Waals surface area contributed by atoms with Crippen molar-refractivity contribution in [2.75, 3.05) is 5.32 Å². The molecule has 5 heteroatoms. The van der Waals surface area contributed by atoms with E-state index in [1.165, 1.54) is 0 Å². The molecule has 2 aromatic carbocycles. The molecule has 1 amide bonds. The van der Waals surface area contributed by atoms with Crippen LogP contribution in [0.2, 0.25) is 0 Å². The molecule has 0 saturated heterocycles. The van der Waals surface area contributed by atoms with Crippen molar-refractivity contribution in [2.24, 2.45) is 0 Å². The number of fused-ring (bicyclic) bond motifs is 1. The topological polar surface area (TPSA) is 79.2 Å². The normalized spacial score (nSPS) is 18.7. The lowest BCUT2D eigenvalue weighted by molar-refractivity contribution is -0.134. The number of ether oxygens (including phenoxy) is 1. The standard InChI is InChI=1S/C21H20N2O3/c1-13(2)14-8-9-17-16(10-14)11-21(3,26-19(17)24)20(25)23-18-7-5-4-6-15(18)12-22/h4-10,13H,11H2,1-3H3,(H,23,25). The molecular weight excluding hydrogens is 328 g/mol. The van der Waals surface area contributed by atoms with Crippen LogP contribution in [0.25, 0.3) is 0 Å². The van der Waals surface area contributed by atoms with Gasteiger partial charge >= 0.3 is 5.97 Å². The number of hydrogen-bond acceptors (Lipinski definition) is 4. The van der Waals surface area contributed by atoms with Crippen molar-refractivity contribution in [3.8, 4) is 6.07 Å². The highest BCUT2D eigenvalue weighted by molar-refractivity contribution is 6.03. The third-order valence-corrected chi connectivity index (χ3v) is 4.64. The largest absolute Gasteiger partial charge is 0.445 e. The molecule has 3 rings (SSSR count). The summed E-state index contributed by atoms with van der Waals surface area (Å²) in [6.45, 7) is 5.75. The average Bonchev–Trinajstić information content (AvgIpc) is 2.61. The van der Waals surface area contributed by atoms with Gasteiger partial charge in [0.2, 0.25) is 0 Å². The summed E-state index contributed by atoms with van der Waals surface area (Å²) in [7, 11) is 0. The van der Waals surface area contributed by atoms with Gasteiger partial charge in [-0.25, -0.2) is 4.79 Å². The molecule has 26 heavy (non-hydrogen) atoms. The van der Waals surface area contributed by atoms with Gasteiger partial charge in [-0.05, 0) is 42.2 Å². The Labute approximate surface area is 152 Å².